The van der Waals surface area contributed by atoms with Crippen molar-refractivity contribution < 1.29 is 19.1 Å². The van der Waals surface area contributed by atoms with Crippen LogP contribution in [0.15, 0.2) is 29.2 Å². The summed E-state index contributed by atoms with van der Waals surface area (Å²) >= 11 is 6.14. The van der Waals surface area contributed by atoms with E-state index < -0.39 is 0 Å². The first kappa shape index (κ1) is 26.9. The molecule has 0 bridgehead atoms. The minimum Gasteiger partial charge on any atom is -0.483 e. The van der Waals surface area contributed by atoms with Crippen molar-refractivity contribution in [3.05, 3.63) is 51.0 Å². The number of hydrogen-bond donors (Lipinski definition) is 3. The molecule has 1 saturated carbocycles. The quantitative estimate of drug-likeness (QED) is 0.368. The molecular weight excluding hydrogens is 500 g/mol. The number of carbonyl (C=O) groups is 2. The van der Waals surface area contributed by atoms with E-state index in [9.17, 15) is 14.4 Å². The summed E-state index contributed by atoms with van der Waals surface area (Å²) in [6, 6.07) is 5.26. The van der Waals surface area contributed by atoms with Gasteiger partial charge < -0.3 is 25.4 Å². The number of amides is 2. The Labute approximate surface area is 220 Å². The molecule has 1 aliphatic heterocycles. The van der Waals surface area contributed by atoms with Crippen LogP contribution in [0.4, 0.5) is 5.82 Å². The van der Waals surface area contributed by atoms with E-state index in [-0.39, 0.29) is 48.9 Å². The van der Waals surface area contributed by atoms with E-state index in [1.807, 2.05) is 0 Å². The van der Waals surface area contributed by atoms with Crippen LogP contribution < -0.4 is 26.2 Å². The third kappa shape index (κ3) is 8.17. The molecule has 1 aliphatic carbocycles. The lowest BCUT2D eigenvalue weighted by atomic mass is 10.2. The second-order valence-electron chi connectivity index (χ2n) is 9.18. The third-order valence-electron chi connectivity index (χ3n) is 6.18. The first-order valence-electron chi connectivity index (χ1n) is 12.5. The molecule has 3 N–H and O–H groups in total. The first-order chi connectivity index (χ1) is 17.9. The fourth-order valence-corrected chi connectivity index (χ4v) is 4.10. The minimum atomic E-state index is -0.356. The molecule has 1 aromatic heterocycles. The number of carbonyl (C=O) groups excluding carboxylic acids is 2. The molecule has 11 nitrogen and oxygen atoms in total. The average Bonchev–Trinajstić information content (AvgIpc) is 3.70. The Balaban J connectivity index is 1.31. The van der Waals surface area contributed by atoms with E-state index in [1.54, 1.807) is 31.3 Å². The molecule has 2 amide bonds. The molecule has 0 unspecified atom stereocenters. The molecule has 200 valence electrons. The molecule has 2 heterocycles. The predicted octanol–water partition coefficient (Wildman–Crippen LogP) is 0.923. The highest BCUT2D eigenvalue weighted by atomic mass is 35.5. The fourth-order valence-electron chi connectivity index (χ4n) is 3.91. The van der Waals surface area contributed by atoms with Crippen LogP contribution in [-0.2, 0) is 27.4 Å². The smallest absolute Gasteiger partial charge is 0.293 e. The zero-order valence-electron chi connectivity index (χ0n) is 20.9. The number of anilines is 1. The number of benzene rings is 1. The number of nitrogens with zero attached hydrogens (tertiary/aromatic N) is 3. The normalized spacial score (nSPS) is 15.7. The number of morpholine rings is 1. The summed E-state index contributed by atoms with van der Waals surface area (Å²) in [6.07, 6.45) is 3.56. The Hall–Kier alpha value is -3.15. The van der Waals surface area contributed by atoms with Crippen molar-refractivity contribution in [3.8, 4) is 5.75 Å². The largest absolute Gasteiger partial charge is 0.483 e. The van der Waals surface area contributed by atoms with Crippen LogP contribution in [-0.4, -0.2) is 78.3 Å². The summed E-state index contributed by atoms with van der Waals surface area (Å²) in [4.78, 5) is 44.1. The van der Waals surface area contributed by atoms with Gasteiger partial charge in [-0.15, -0.1) is 0 Å². The van der Waals surface area contributed by atoms with Gasteiger partial charge in [-0.05, 0) is 38.0 Å². The molecule has 1 saturated heterocycles. The minimum absolute atomic E-state index is 0.119. The summed E-state index contributed by atoms with van der Waals surface area (Å²) in [5.41, 5.74) is 0.849. The van der Waals surface area contributed by atoms with Gasteiger partial charge in [0, 0.05) is 61.2 Å². The van der Waals surface area contributed by atoms with Gasteiger partial charge in [0.1, 0.15) is 12.3 Å². The summed E-state index contributed by atoms with van der Waals surface area (Å²) in [6.45, 7) is 6.06. The molecule has 12 heteroatoms. The summed E-state index contributed by atoms with van der Waals surface area (Å²) in [5, 5.41) is 9.24. The number of nitrogens with one attached hydrogen (secondary N) is 3. The summed E-state index contributed by atoms with van der Waals surface area (Å²) in [7, 11) is 0. The van der Waals surface area contributed by atoms with Gasteiger partial charge in [-0.1, -0.05) is 11.6 Å². The van der Waals surface area contributed by atoms with E-state index in [0.717, 1.165) is 32.5 Å². The standard InChI is InChI=1S/C25H33ClN6O5/c1-17-13-29-24(27-6-7-31-8-10-36-11-9-31)25(35)32(17)15-22(33)28-14-18-12-19(26)2-5-21(18)37-16-23(34)30-20-3-4-20/h2,5,12-13,20H,3-4,6-11,14-16H2,1H3,(H,27,29)(H,28,33)(H,30,34). The Kier molecular flexibility index (Phi) is 9.37. The van der Waals surface area contributed by atoms with Crippen molar-refractivity contribution >= 4 is 29.2 Å². The van der Waals surface area contributed by atoms with Crippen LogP contribution in [0.5, 0.6) is 5.75 Å². The van der Waals surface area contributed by atoms with Crippen LogP contribution in [0.3, 0.4) is 0 Å². The molecule has 0 radical (unpaired) electrons. The van der Waals surface area contributed by atoms with Crippen molar-refractivity contribution in [3.63, 3.8) is 0 Å². The Morgan fingerprint density at radius 1 is 1.22 bits per heavy atom. The van der Waals surface area contributed by atoms with Crippen LogP contribution in [0, 0.1) is 6.92 Å². The predicted molar refractivity (Wildman–Crippen MR) is 139 cm³/mol. The maximum absolute atomic E-state index is 13.0. The Morgan fingerprint density at radius 3 is 2.76 bits per heavy atom. The topological polar surface area (TPSA) is 127 Å². The third-order valence-corrected chi connectivity index (χ3v) is 6.41. The summed E-state index contributed by atoms with van der Waals surface area (Å²) < 4.78 is 12.4. The van der Waals surface area contributed by atoms with Gasteiger partial charge in [0.2, 0.25) is 5.91 Å². The molecule has 4 rings (SSSR count). The lowest BCUT2D eigenvalue weighted by molar-refractivity contribution is -0.123. The lowest BCUT2D eigenvalue weighted by Crippen LogP contribution is -2.40. The summed E-state index contributed by atoms with van der Waals surface area (Å²) in [5.74, 6) is 0.128. The Morgan fingerprint density at radius 2 is 2.00 bits per heavy atom. The molecule has 1 aromatic carbocycles. The zero-order chi connectivity index (χ0) is 26.2. The van der Waals surface area contributed by atoms with Gasteiger partial charge in [-0.3, -0.25) is 23.9 Å². The van der Waals surface area contributed by atoms with Gasteiger partial charge in [0.25, 0.3) is 11.5 Å². The highest BCUT2D eigenvalue weighted by molar-refractivity contribution is 6.30. The molecule has 0 atom stereocenters. The van der Waals surface area contributed by atoms with Crippen LogP contribution in [0.1, 0.15) is 24.1 Å². The van der Waals surface area contributed by atoms with E-state index in [1.165, 1.54) is 4.57 Å². The van der Waals surface area contributed by atoms with Crippen molar-refractivity contribution in [2.24, 2.45) is 0 Å². The molecule has 2 aromatic rings. The van der Waals surface area contributed by atoms with Crippen molar-refractivity contribution in [2.45, 2.75) is 38.9 Å². The number of aromatic nitrogens is 2. The fraction of sp³-hybridized carbons (Fsp3) is 0.520. The van der Waals surface area contributed by atoms with Crippen molar-refractivity contribution in [1.29, 1.82) is 0 Å². The second-order valence-corrected chi connectivity index (χ2v) is 9.62. The van der Waals surface area contributed by atoms with Gasteiger partial charge in [-0.2, -0.15) is 0 Å². The molecule has 2 aliphatic rings. The molecule has 2 fully saturated rings. The maximum Gasteiger partial charge on any atom is 0.293 e. The lowest BCUT2D eigenvalue weighted by Gasteiger charge is -2.26. The number of hydrogen-bond acceptors (Lipinski definition) is 8. The zero-order valence-corrected chi connectivity index (χ0v) is 21.7. The van der Waals surface area contributed by atoms with Gasteiger partial charge >= 0.3 is 0 Å². The van der Waals surface area contributed by atoms with Crippen molar-refractivity contribution in [2.75, 3.05) is 51.3 Å². The average molecular weight is 533 g/mol. The maximum atomic E-state index is 13.0. The SMILES string of the molecule is Cc1cnc(NCCN2CCOCC2)c(=O)n1CC(=O)NCc1cc(Cl)ccc1OCC(=O)NC1CC1. The van der Waals surface area contributed by atoms with Crippen LogP contribution in [0.25, 0.3) is 0 Å². The van der Waals surface area contributed by atoms with Gasteiger partial charge in [-0.25, -0.2) is 4.98 Å². The van der Waals surface area contributed by atoms with E-state index in [2.05, 4.69) is 25.8 Å². The highest BCUT2D eigenvalue weighted by Gasteiger charge is 2.23. The first-order valence-corrected chi connectivity index (χ1v) is 12.8. The second kappa shape index (κ2) is 12.9. The number of aryl methyl sites for hydroxylation is 1. The Bertz CT molecular complexity index is 1160. The number of ether oxygens (including phenoxy) is 2. The molecule has 0 spiro atoms. The number of halogens is 1. The van der Waals surface area contributed by atoms with Gasteiger partial charge in [0.15, 0.2) is 12.4 Å². The van der Waals surface area contributed by atoms with E-state index in [0.29, 0.717) is 41.8 Å². The van der Waals surface area contributed by atoms with E-state index >= 15 is 0 Å². The van der Waals surface area contributed by atoms with Crippen LogP contribution in [0.2, 0.25) is 5.02 Å². The monoisotopic (exact) mass is 532 g/mol. The van der Waals surface area contributed by atoms with Crippen molar-refractivity contribution in [1.82, 2.24) is 25.1 Å². The van der Waals surface area contributed by atoms with E-state index in [4.69, 9.17) is 21.1 Å². The molecule has 37 heavy (non-hydrogen) atoms. The number of rotatable bonds is 12. The van der Waals surface area contributed by atoms with Crippen LogP contribution >= 0.6 is 11.6 Å². The highest BCUT2D eigenvalue weighted by Crippen LogP contribution is 2.23. The molecular formula is C25H33ClN6O5. The van der Waals surface area contributed by atoms with Gasteiger partial charge in [0.05, 0.1) is 13.2 Å².